The van der Waals surface area contributed by atoms with Gasteiger partial charge in [-0.25, -0.2) is 9.97 Å². The van der Waals surface area contributed by atoms with Crippen LogP contribution in [0.3, 0.4) is 0 Å². The van der Waals surface area contributed by atoms with Crippen molar-refractivity contribution in [1.82, 2.24) is 9.97 Å². The number of rotatable bonds is 7. The van der Waals surface area contributed by atoms with Crippen molar-refractivity contribution in [3.05, 3.63) is 212 Å². The Morgan fingerprint density at radius 2 is 0.948 bits per heavy atom. The molecule has 0 spiro atoms. The van der Waals surface area contributed by atoms with E-state index >= 15 is 0 Å². The molecular formula is C54H35N3S. The number of benzene rings is 9. The van der Waals surface area contributed by atoms with Crippen molar-refractivity contribution in [2.45, 2.75) is 0 Å². The van der Waals surface area contributed by atoms with Crippen molar-refractivity contribution < 1.29 is 0 Å². The van der Waals surface area contributed by atoms with E-state index in [-0.39, 0.29) is 0 Å². The van der Waals surface area contributed by atoms with Crippen LogP contribution in [0.5, 0.6) is 0 Å². The molecule has 0 fully saturated rings. The smallest absolute Gasteiger partial charge is 0.0973 e. The minimum Gasteiger partial charge on any atom is -0.310 e. The lowest BCUT2D eigenvalue weighted by atomic mass is 9.97. The summed E-state index contributed by atoms with van der Waals surface area (Å²) < 4.78 is 2.55. The van der Waals surface area contributed by atoms with E-state index in [1.165, 1.54) is 31.3 Å². The Hall–Kier alpha value is -7.40. The predicted octanol–water partition coefficient (Wildman–Crippen LogP) is 15.3. The molecule has 0 saturated carbocycles. The summed E-state index contributed by atoms with van der Waals surface area (Å²) in [5, 5.41) is 4.73. The minimum absolute atomic E-state index is 0.861. The first-order valence-electron chi connectivity index (χ1n) is 19.6. The quantitative estimate of drug-likeness (QED) is 0.152. The number of thiophene rings is 1. The van der Waals surface area contributed by atoms with Gasteiger partial charge in [0.15, 0.2) is 0 Å². The van der Waals surface area contributed by atoms with Gasteiger partial charge in [0, 0.05) is 53.6 Å². The molecule has 0 bridgehead atoms. The summed E-state index contributed by atoms with van der Waals surface area (Å²) in [7, 11) is 0. The number of hydrogen-bond donors (Lipinski definition) is 0. The van der Waals surface area contributed by atoms with Gasteiger partial charge in [0.05, 0.1) is 28.1 Å². The highest BCUT2D eigenvalue weighted by molar-refractivity contribution is 7.25. The zero-order valence-electron chi connectivity index (χ0n) is 31.5. The minimum atomic E-state index is 0.861. The number of para-hydroxylation sites is 1. The van der Waals surface area contributed by atoms with Gasteiger partial charge in [-0.3, -0.25) is 0 Å². The maximum Gasteiger partial charge on any atom is 0.0973 e. The third kappa shape index (κ3) is 5.99. The SMILES string of the molecule is c1ccc(-c2cccc(-c3ccccc3N(c3ccc4c(c3)sc3ccccc34)c3ccc4ccc5nc(-c6ccccc6)c(-c6ccccc6)nc5c4c3)c2)cc1. The molecule has 0 aliphatic carbocycles. The van der Waals surface area contributed by atoms with E-state index in [2.05, 4.69) is 205 Å². The average molecular weight is 758 g/mol. The normalized spacial score (nSPS) is 11.4. The molecule has 0 radical (unpaired) electrons. The molecule has 0 amide bonds. The highest BCUT2D eigenvalue weighted by Gasteiger charge is 2.21. The van der Waals surface area contributed by atoms with E-state index in [0.717, 1.165) is 72.5 Å². The summed E-state index contributed by atoms with van der Waals surface area (Å²) in [6.45, 7) is 0. The Morgan fingerprint density at radius 1 is 0.362 bits per heavy atom. The lowest BCUT2D eigenvalue weighted by Gasteiger charge is -2.28. The molecule has 11 rings (SSSR count). The Kier molecular flexibility index (Phi) is 8.34. The van der Waals surface area contributed by atoms with Crippen LogP contribution in [0.25, 0.3) is 86.7 Å². The van der Waals surface area contributed by atoms with Gasteiger partial charge in [0.2, 0.25) is 0 Å². The summed E-state index contributed by atoms with van der Waals surface area (Å²) in [6, 6.07) is 75.7. The van der Waals surface area contributed by atoms with E-state index in [9.17, 15) is 0 Å². The molecule has 2 aromatic heterocycles. The lowest BCUT2D eigenvalue weighted by molar-refractivity contribution is 1.29. The molecule has 0 atom stereocenters. The number of anilines is 3. The van der Waals surface area contributed by atoms with Gasteiger partial charge in [-0.15, -0.1) is 11.3 Å². The molecule has 0 unspecified atom stereocenters. The first-order valence-corrected chi connectivity index (χ1v) is 20.4. The van der Waals surface area contributed by atoms with Crippen LogP contribution in [0.4, 0.5) is 17.1 Å². The van der Waals surface area contributed by atoms with Crippen molar-refractivity contribution in [1.29, 1.82) is 0 Å². The Bertz CT molecular complexity index is 3280. The zero-order chi connectivity index (χ0) is 38.4. The van der Waals surface area contributed by atoms with Gasteiger partial charge in [-0.1, -0.05) is 164 Å². The van der Waals surface area contributed by atoms with Gasteiger partial charge >= 0.3 is 0 Å². The molecule has 2 heterocycles. The highest BCUT2D eigenvalue weighted by atomic mass is 32.1. The maximum atomic E-state index is 5.49. The second-order valence-electron chi connectivity index (χ2n) is 14.6. The molecule has 3 nitrogen and oxygen atoms in total. The van der Waals surface area contributed by atoms with Crippen LogP contribution in [-0.4, -0.2) is 9.97 Å². The van der Waals surface area contributed by atoms with Crippen molar-refractivity contribution in [3.8, 4) is 44.8 Å². The fourth-order valence-corrected chi connectivity index (χ4v) is 9.39. The van der Waals surface area contributed by atoms with Crippen LogP contribution >= 0.6 is 11.3 Å². The largest absolute Gasteiger partial charge is 0.310 e. The summed E-state index contributed by atoms with van der Waals surface area (Å²) in [6.07, 6.45) is 0. The summed E-state index contributed by atoms with van der Waals surface area (Å²) in [4.78, 5) is 13.2. The molecule has 11 aromatic rings. The Labute approximate surface area is 340 Å². The fraction of sp³-hybridized carbons (Fsp3) is 0. The summed E-state index contributed by atoms with van der Waals surface area (Å²) in [5.41, 5.74) is 13.5. The van der Waals surface area contributed by atoms with Crippen LogP contribution in [0, 0.1) is 0 Å². The first kappa shape index (κ1) is 33.9. The number of nitrogens with zero attached hydrogens (tertiary/aromatic N) is 3. The van der Waals surface area contributed by atoms with E-state index < -0.39 is 0 Å². The van der Waals surface area contributed by atoms with E-state index in [0.29, 0.717) is 0 Å². The van der Waals surface area contributed by atoms with Crippen LogP contribution in [0.15, 0.2) is 212 Å². The van der Waals surface area contributed by atoms with Gasteiger partial charge < -0.3 is 4.90 Å². The third-order valence-corrected chi connectivity index (χ3v) is 12.2. The topological polar surface area (TPSA) is 29.0 Å². The molecule has 4 heteroatoms. The summed E-state index contributed by atoms with van der Waals surface area (Å²) in [5.74, 6) is 0. The Morgan fingerprint density at radius 3 is 1.74 bits per heavy atom. The maximum absolute atomic E-state index is 5.49. The van der Waals surface area contributed by atoms with Crippen molar-refractivity contribution >= 4 is 70.4 Å². The van der Waals surface area contributed by atoms with Crippen LogP contribution in [0.2, 0.25) is 0 Å². The van der Waals surface area contributed by atoms with Gasteiger partial charge in [0.1, 0.15) is 0 Å². The van der Waals surface area contributed by atoms with Crippen LogP contribution in [-0.2, 0) is 0 Å². The molecule has 0 aliphatic rings. The van der Waals surface area contributed by atoms with E-state index in [4.69, 9.17) is 9.97 Å². The molecule has 0 N–H and O–H groups in total. The molecule has 0 saturated heterocycles. The van der Waals surface area contributed by atoms with Crippen LogP contribution < -0.4 is 4.90 Å². The van der Waals surface area contributed by atoms with Gasteiger partial charge in [-0.05, 0) is 70.6 Å². The Balaban J connectivity index is 1.15. The number of hydrogen-bond acceptors (Lipinski definition) is 4. The zero-order valence-corrected chi connectivity index (χ0v) is 32.3. The van der Waals surface area contributed by atoms with Crippen molar-refractivity contribution in [3.63, 3.8) is 0 Å². The highest BCUT2D eigenvalue weighted by Crippen LogP contribution is 2.45. The van der Waals surface area contributed by atoms with Crippen molar-refractivity contribution in [2.75, 3.05) is 4.90 Å². The molecule has 58 heavy (non-hydrogen) atoms. The first-order chi connectivity index (χ1) is 28.7. The third-order valence-electron chi connectivity index (χ3n) is 11.0. The monoisotopic (exact) mass is 757 g/mol. The summed E-state index contributed by atoms with van der Waals surface area (Å²) >= 11 is 1.84. The van der Waals surface area contributed by atoms with Gasteiger partial charge in [-0.2, -0.15) is 0 Å². The number of fused-ring (bicyclic) bond motifs is 6. The fourth-order valence-electron chi connectivity index (χ4n) is 8.25. The number of aromatic nitrogens is 2. The second kappa shape index (κ2) is 14.3. The second-order valence-corrected chi connectivity index (χ2v) is 15.7. The van der Waals surface area contributed by atoms with E-state index in [1.807, 2.05) is 23.5 Å². The van der Waals surface area contributed by atoms with Crippen molar-refractivity contribution in [2.24, 2.45) is 0 Å². The predicted molar refractivity (Wildman–Crippen MR) is 246 cm³/mol. The van der Waals surface area contributed by atoms with Gasteiger partial charge in [0.25, 0.3) is 0 Å². The molecule has 9 aromatic carbocycles. The standard InChI is InChI=1S/C54H35N3S/c1-4-15-36(16-5-1)40-21-14-22-41(33-40)44-23-10-12-25-49(44)57(43-30-31-46-45-24-11-13-26-50(45)58-51(46)35-43)42-29-27-37-28-32-48-54(47(37)34-42)56-53(39-19-8-3-9-20-39)52(55-48)38-17-6-2-7-18-38/h1-35H. The van der Waals surface area contributed by atoms with E-state index in [1.54, 1.807) is 0 Å². The molecule has 0 aliphatic heterocycles. The van der Waals surface area contributed by atoms with Crippen LogP contribution in [0.1, 0.15) is 0 Å². The molecular weight excluding hydrogens is 723 g/mol. The molecule has 272 valence electrons. The average Bonchev–Trinajstić information content (AvgIpc) is 3.68. The lowest BCUT2D eigenvalue weighted by Crippen LogP contribution is -2.11.